The fourth-order valence-electron chi connectivity index (χ4n) is 2.17. The second-order valence-electron chi connectivity index (χ2n) is 5.41. The quantitative estimate of drug-likeness (QED) is 0.687. The fourth-order valence-corrected chi connectivity index (χ4v) is 2.17. The Bertz CT molecular complexity index is 331. The molecule has 0 atom stereocenters. The second-order valence-corrected chi connectivity index (χ2v) is 5.41. The molecular weight excluding hydrogens is 224 g/mol. The third kappa shape index (κ3) is 4.77. The fraction of sp³-hybridized carbons (Fsp3) is 0.857. The molecule has 0 spiro atoms. The summed E-state index contributed by atoms with van der Waals surface area (Å²) < 4.78 is 2.21. The van der Waals surface area contributed by atoms with E-state index in [0.717, 1.165) is 24.6 Å². The highest BCUT2D eigenvalue weighted by Crippen LogP contribution is 2.11. The second kappa shape index (κ2) is 8.25. The highest BCUT2D eigenvalue weighted by atomic mass is 15.3. The van der Waals surface area contributed by atoms with Gasteiger partial charge in [0.25, 0.3) is 0 Å². The van der Waals surface area contributed by atoms with Crippen LogP contribution >= 0.6 is 0 Å². The third-order valence-electron chi connectivity index (χ3n) is 3.14. The standard InChI is InChI=1S/C14H28N4/c1-4-5-6-7-8-9-13-16-17-14(10-15)18(13)11-12(2)3/h12H,4-11,15H2,1-3H3. The number of rotatable bonds is 9. The molecular formula is C14H28N4. The molecule has 0 saturated heterocycles. The summed E-state index contributed by atoms with van der Waals surface area (Å²) in [5.41, 5.74) is 5.71. The molecule has 0 aliphatic heterocycles. The number of hydrogen-bond donors (Lipinski definition) is 1. The molecule has 0 saturated carbocycles. The van der Waals surface area contributed by atoms with E-state index in [1.54, 1.807) is 0 Å². The Morgan fingerprint density at radius 1 is 1.06 bits per heavy atom. The van der Waals surface area contributed by atoms with Crippen LogP contribution in [0.15, 0.2) is 0 Å². The summed E-state index contributed by atoms with van der Waals surface area (Å²) in [4.78, 5) is 0. The first-order chi connectivity index (χ1) is 8.69. The molecule has 1 aromatic rings. The van der Waals surface area contributed by atoms with Gasteiger partial charge in [-0.3, -0.25) is 0 Å². The van der Waals surface area contributed by atoms with Crippen molar-refractivity contribution in [2.45, 2.75) is 72.4 Å². The van der Waals surface area contributed by atoms with E-state index in [4.69, 9.17) is 5.73 Å². The average Bonchev–Trinajstić information content (AvgIpc) is 2.71. The number of nitrogens with zero attached hydrogens (tertiary/aromatic N) is 3. The number of hydrogen-bond acceptors (Lipinski definition) is 3. The monoisotopic (exact) mass is 252 g/mol. The van der Waals surface area contributed by atoms with Crippen molar-refractivity contribution in [1.82, 2.24) is 14.8 Å². The molecule has 1 aromatic heterocycles. The maximum Gasteiger partial charge on any atom is 0.146 e. The van der Waals surface area contributed by atoms with Crippen molar-refractivity contribution >= 4 is 0 Å². The summed E-state index contributed by atoms with van der Waals surface area (Å²) in [7, 11) is 0. The van der Waals surface area contributed by atoms with E-state index in [1.165, 1.54) is 32.1 Å². The number of aryl methyl sites for hydroxylation is 1. The maximum absolute atomic E-state index is 5.71. The van der Waals surface area contributed by atoms with Gasteiger partial charge in [-0.1, -0.05) is 46.5 Å². The van der Waals surface area contributed by atoms with E-state index in [1.807, 2.05) is 0 Å². The molecule has 0 radical (unpaired) electrons. The van der Waals surface area contributed by atoms with Crippen molar-refractivity contribution < 1.29 is 0 Å². The molecule has 4 nitrogen and oxygen atoms in total. The maximum atomic E-state index is 5.71. The summed E-state index contributed by atoms with van der Waals surface area (Å²) in [5.74, 6) is 2.64. The predicted octanol–water partition coefficient (Wildman–Crippen LogP) is 2.91. The molecule has 104 valence electrons. The van der Waals surface area contributed by atoms with Gasteiger partial charge in [-0.05, 0) is 12.3 Å². The molecule has 0 aromatic carbocycles. The van der Waals surface area contributed by atoms with Crippen molar-refractivity contribution in [3.05, 3.63) is 11.6 Å². The minimum Gasteiger partial charge on any atom is -0.324 e. The van der Waals surface area contributed by atoms with Crippen LogP contribution in [0.5, 0.6) is 0 Å². The van der Waals surface area contributed by atoms with Crippen molar-refractivity contribution in [3.8, 4) is 0 Å². The number of unbranched alkanes of at least 4 members (excludes halogenated alkanes) is 4. The zero-order valence-corrected chi connectivity index (χ0v) is 12.2. The Kier molecular flexibility index (Phi) is 6.94. The number of aromatic nitrogens is 3. The van der Waals surface area contributed by atoms with Gasteiger partial charge in [0.15, 0.2) is 0 Å². The lowest BCUT2D eigenvalue weighted by Gasteiger charge is -2.11. The molecule has 2 N–H and O–H groups in total. The molecule has 0 fully saturated rings. The van der Waals surface area contributed by atoms with Gasteiger partial charge in [0.05, 0.1) is 6.54 Å². The van der Waals surface area contributed by atoms with Crippen molar-refractivity contribution in [2.75, 3.05) is 0 Å². The van der Waals surface area contributed by atoms with Crippen LogP contribution in [0.1, 0.15) is 64.5 Å². The van der Waals surface area contributed by atoms with Gasteiger partial charge in [-0.15, -0.1) is 10.2 Å². The van der Waals surface area contributed by atoms with Crippen LogP contribution in [0, 0.1) is 5.92 Å². The van der Waals surface area contributed by atoms with E-state index in [2.05, 4.69) is 35.5 Å². The van der Waals surface area contributed by atoms with Crippen LogP contribution in [0.2, 0.25) is 0 Å². The summed E-state index contributed by atoms with van der Waals surface area (Å²) >= 11 is 0. The smallest absolute Gasteiger partial charge is 0.146 e. The van der Waals surface area contributed by atoms with E-state index in [9.17, 15) is 0 Å². The minimum atomic E-state index is 0.482. The first-order valence-electron chi connectivity index (χ1n) is 7.30. The Hall–Kier alpha value is -0.900. The largest absolute Gasteiger partial charge is 0.324 e. The molecule has 0 unspecified atom stereocenters. The Morgan fingerprint density at radius 2 is 1.72 bits per heavy atom. The molecule has 0 aliphatic rings. The average molecular weight is 252 g/mol. The van der Waals surface area contributed by atoms with E-state index >= 15 is 0 Å². The number of nitrogens with two attached hydrogens (primary N) is 1. The molecule has 0 amide bonds. The normalized spacial score (nSPS) is 11.4. The molecule has 0 bridgehead atoms. The van der Waals surface area contributed by atoms with Crippen LogP contribution in [0.25, 0.3) is 0 Å². The van der Waals surface area contributed by atoms with Crippen molar-refractivity contribution in [2.24, 2.45) is 11.7 Å². The van der Waals surface area contributed by atoms with Crippen molar-refractivity contribution in [1.29, 1.82) is 0 Å². The zero-order chi connectivity index (χ0) is 13.4. The van der Waals surface area contributed by atoms with Crippen LogP contribution in [0.3, 0.4) is 0 Å². The molecule has 0 aliphatic carbocycles. The zero-order valence-electron chi connectivity index (χ0n) is 12.2. The van der Waals surface area contributed by atoms with Gasteiger partial charge < -0.3 is 10.3 Å². The molecule has 4 heteroatoms. The van der Waals surface area contributed by atoms with Crippen LogP contribution < -0.4 is 5.73 Å². The predicted molar refractivity (Wildman–Crippen MR) is 75.2 cm³/mol. The molecule has 1 rings (SSSR count). The lowest BCUT2D eigenvalue weighted by Crippen LogP contribution is -2.14. The Labute approximate surface area is 111 Å². The lowest BCUT2D eigenvalue weighted by molar-refractivity contribution is 0.486. The van der Waals surface area contributed by atoms with Gasteiger partial charge in [0.1, 0.15) is 11.6 Å². The highest BCUT2D eigenvalue weighted by Gasteiger charge is 2.11. The molecule has 18 heavy (non-hydrogen) atoms. The molecule has 1 heterocycles. The third-order valence-corrected chi connectivity index (χ3v) is 3.14. The summed E-state index contributed by atoms with van der Waals surface area (Å²) in [5, 5.41) is 8.48. The Balaban J connectivity index is 2.50. The van der Waals surface area contributed by atoms with Gasteiger partial charge in [-0.25, -0.2) is 0 Å². The van der Waals surface area contributed by atoms with E-state index in [0.29, 0.717) is 12.5 Å². The van der Waals surface area contributed by atoms with Gasteiger partial charge in [-0.2, -0.15) is 0 Å². The van der Waals surface area contributed by atoms with Gasteiger partial charge in [0.2, 0.25) is 0 Å². The minimum absolute atomic E-state index is 0.482. The van der Waals surface area contributed by atoms with Crippen LogP contribution in [-0.4, -0.2) is 14.8 Å². The van der Waals surface area contributed by atoms with Crippen LogP contribution in [-0.2, 0) is 19.5 Å². The van der Waals surface area contributed by atoms with Crippen molar-refractivity contribution in [3.63, 3.8) is 0 Å². The summed E-state index contributed by atoms with van der Waals surface area (Å²) in [6.07, 6.45) is 7.50. The first-order valence-corrected chi connectivity index (χ1v) is 7.30. The SMILES string of the molecule is CCCCCCCc1nnc(CN)n1CC(C)C. The van der Waals surface area contributed by atoms with E-state index < -0.39 is 0 Å². The first kappa shape index (κ1) is 15.2. The van der Waals surface area contributed by atoms with Crippen LogP contribution in [0.4, 0.5) is 0 Å². The lowest BCUT2D eigenvalue weighted by atomic mass is 10.1. The summed E-state index contributed by atoms with van der Waals surface area (Å²) in [6.45, 7) is 8.13. The Morgan fingerprint density at radius 3 is 2.33 bits per heavy atom. The highest BCUT2D eigenvalue weighted by molar-refractivity contribution is 4.96. The summed E-state index contributed by atoms with van der Waals surface area (Å²) in [6, 6.07) is 0. The topological polar surface area (TPSA) is 56.7 Å². The van der Waals surface area contributed by atoms with Gasteiger partial charge >= 0.3 is 0 Å². The van der Waals surface area contributed by atoms with Gasteiger partial charge in [0, 0.05) is 13.0 Å². The van der Waals surface area contributed by atoms with E-state index in [-0.39, 0.29) is 0 Å².